The summed E-state index contributed by atoms with van der Waals surface area (Å²) in [5.74, 6) is 4.51. The van der Waals surface area contributed by atoms with E-state index in [1.54, 1.807) is 0 Å². The first-order chi connectivity index (χ1) is 10.4. The van der Waals surface area contributed by atoms with Crippen LogP contribution in [0.5, 0.6) is 0 Å². The lowest BCUT2D eigenvalue weighted by molar-refractivity contribution is -0.184. The van der Waals surface area contributed by atoms with E-state index in [4.69, 9.17) is 0 Å². The van der Waals surface area contributed by atoms with Crippen molar-refractivity contribution in [3.8, 4) is 0 Å². The first-order valence-electron chi connectivity index (χ1n) is 9.61. The van der Waals surface area contributed by atoms with Crippen LogP contribution in [0.25, 0.3) is 0 Å². The average Bonchev–Trinajstić information content (AvgIpc) is 2.45. The monoisotopic (exact) mass is 304 g/mol. The molecule has 0 spiro atoms. The third kappa shape index (κ3) is 1.76. The van der Waals surface area contributed by atoms with Gasteiger partial charge in [0.05, 0.1) is 5.41 Å². The zero-order valence-corrected chi connectivity index (χ0v) is 14.5. The number of hydrogen-bond donors (Lipinski definition) is 1. The Morgan fingerprint density at radius 3 is 2.41 bits per heavy atom. The molecule has 4 aliphatic rings. The highest BCUT2D eigenvalue weighted by Gasteiger charge is 2.62. The molecule has 0 heterocycles. The minimum absolute atomic E-state index is 0.290. The van der Waals surface area contributed by atoms with Crippen LogP contribution in [-0.4, -0.2) is 11.1 Å². The van der Waals surface area contributed by atoms with E-state index in [-0.39, 0.29) is 5.41 Å². The average molecular weight is 304 g/mol. The third-order valence-corrected chi connectivity index (χ3v) is 8.90. The van der Waals surface area contributed by atoms with Gasteiger partial charge in [-0.15, -0.1) is 0 Å². The highest BCUT2D eigenvalue weighted by molar-refractivity contribution is 5.75. The number of hydrogen-bond acceptors (Lipinski definition) is 1. The summed E-state index contributed by atoms with van der Waals surface area (Å²) in [6.45, 7) is 6.96. The van der Waals surface area contributed by atoms with Crippen molar-refractivity contribution in [1.82, 2.24) is 0 Å². The van der Waals surface area contributed by atoms with Crippen molar-refractivity contribution in [1.29, 1.82) is 0 Å². The first kappa shape index (κ1) is 15.0. The Labute approximate surface area is 135 Å². The molecule has 8 unspecified atom stereocenters. The van der Waals surface area contributed by atoms with Crippen LogP contribution >= 0.6 is 0 Å². The molecule has 8 atom stereocenters. The van der Waals surface area contributed by atoms with Crippen LogP contribution in [0.4, 0.5) is 0 Å². The summed E-state index contributed by atoms with van der Waals surface area (Å²) in [5.41, 5.74) is -0.181. The molecule has 0 amide bonds. The summed E-state index contributed by atoms with van der Waals surface area (Å²) in [5, 5.41) is 9.89. The fourth-order valence-corrected chi connectivity index (χ4v) is 7.73. The van der Waals surface area contributed by atoms with E-state index >= 15 is 0 Å². The second kappa shape index (κ2) is 4.74. The SMILES string of the molecule is CC1CC2C1CCC1C2CCC2C(C)(C(=O)O)CCCC12C. The molecule has 0 aliphatic heterocycles. The second-order valence-corrected chi connectivity index (χ2v) is 9.60. The Balaban J connectivity index is 1.65. The fourth-order valence-electron chi connectivity index (χ4n) is 7.73. The molecule has 22 heavy (non-hydrogen) atoms. The molecule has 2 heteroatoms. The summed E-state index contributed by atoms with van der Waals surface area (Å²) in [7, 11) is 0. The van der Waals surface area contributed by atoms with Gasteiger partial charge >= 0.3 is 5.97 Å². The predicted molar refractivity (Wildman–Crippen MR) is 87.4 cm³/mol. The lowest BCUT2D eigenvalue weighted by atomic mass is 9.40. The molecule has 0 aromatic heterocycles. The lowest BCUT2D eigenvalue weighted by Crippen LogP contribution is -2.59. The molecule has 124 valence electrons. The Hall–Kier alpha value is -0.530. The van der Waals surface area contributed by atoms with Crippen molar-refractivity contribution in [3.63, 3.8) is 0 Å². The fraction of sp³-hybridized carbons (Fsp3) is 0.950. The minimum Gasteiger partial charge on any atom is -0.481 e. The maximum atomic E-state index is 12.0. The number of aliphatic carboxylic acids is 1. The number of fused-ring (bicyclic) bond motifs is 5. The van der Waals surface area contributed by atoms with Gasteiger partial charge in [0.2, 0.25) is 0 Å². The van der Waals surface area contributed by atoms with Crippen molar-refractivity contribution in [2.45, 2.75) is 72.1 Å². The van der Waals surface area contributed by atoms with Gasteiger partial charge in [0.1, 0.15) is 0 Å². The van der Waals surface area contributed by atoms with E-state index in [1.807, 2.05) is 0 Å². The molecule has 4 fully saturated rings. The van der Waals surface area contributed by atoms with Crippen LogP contribution in [0.15, 0.2) is 0 Å². The molecule has 0 aromatic carbocycles. The molecule has 0 saturated heterocycles. The quantitative estimate of drug-likeness (QED) is 0.742. The number of carboxylic acid groups (broad SMARTS) is 1. The summed E-state index contributed by atoms with van der Waals surface area (Å²) in [4.78, 5) is 12.0. The van der Waals surface area contributed by atoms with Gasteiger partial charge in [-0.25, -0.2) is 0 Å². The molecule has 1 N–H and O–H groups in total. The van der Waals surface area contributed by atoms with Gasteiger partial charge < -0.3 is 5.11 Å². The van der Waals surface area contributed by atoms with E-state index in [0.717, 1.165) is 48.9 Å². The number of carboxylic acids is 1. The van der Waals surface area contributed by atoms with Crippen molar-refractivity contribution in [3.05, 3.63) is 0 Å². The Kier molecular flexibility index (Phi) is 3.24. The largest absolute Gasteiger partial charge is 0.481 e. The smallest absolute Gasteiger partial charge is 0.309 e. The zero-order chi connectivity index (χ0) is 15.7. The number of carbonyl (C=O) groups is 1. The zero-order valence-electron chi connectivity index (χ0n) is 14.5. The lowest BCUT2D eigenvalue weighted by Gasteiger charge is -2.65. The maximum absolute atomic E-state index is 12.0. The van der Waals surface area contributed by atoms with E-state index < -0.39 is 11.4 Å². The highest BCUT2D eigenvalue weighted by Crippen LogP contribution is 2.67. The second-order valence-electron chi connectivity index (χ2n) is 9.60. The maximum Gasteiger partial charge on any atom is 0.309 e. The summed E-state index contributed by atoms with van der Waals surface area (Å²) in [6, 6.07) is 0. The van der Waals surface area contributed by atoms with Gasteiger partial charge in [-0.1, -0.05) is 20.3 Å². The molecule has 0 radical (unpaired) electrons. The number of rotatable bonds is 1. The van der Waals surface area contributed by atoms with Crippen molar-refractivity contribution < 1.29 is 9.90 Å². The predicted octanol–water partition coefficient (Wildman–Crippen LogP) is 4.98. The van der Waals surface area contributed by atoms with Crippen LogP contribution in [-0.2, 0) is 4.79 Å². The highest BCUT2D eigenvalue weighted by atomic mass is 16.4. The summed E-state index contributed by atoms with van der Waals surface area (Å²) < 4.78 is 0. The van der Waals surface area contributed by atoms with Crippen molar-refractivity contribution >= 4 is 5.97 Å². The van der Waals surface area contributed by atoms with Gasteiger partial charge in [0.25, 0.3) is 0 Å². The van der Waals surface area contributed by atoms with Crippen LogP contribution in [0.2, 0.25) is 0 Å². The summed E-state index contributed by atoms with van der Waals surface area (Å²) in [6.07, 6.45) is 9.99. The van der Waals surface area contributed by atoms with Gasteiger partial charge in [0, 0.05) is 0 Å². The minimum atomic E-state index is -0.534. The Bertz CT molecular complexity index is 486. The molecule has 4 aliphatic carbocycles. The normalized spacial score (nSPS) is 57.0. The van der Waals surface area contributed by atoms with Crippen LogP contribution < -0.4 is 0 Å². The first-order valence-corrected chi connectivity index (χ1v) is 9.61. The van der Waals surface area contributed by atoms with Crippen molar-refractivity contribution in [2.24, 2.45) is 46.3 Å². The molecular formula is C20H32O2. The Morgan fingerprint density at radius 2 is 1.73 bits per heavy atom. The molecule has 0 aromatic rings. The molecular weight excluding hydrogens is 272 g/mol. The van der Waals surface area contributed by atoms with Crippen LogP contribution in [0.3, 0.4) is 0 Å². The molecule has 4 saturated carbocycles. The standard InChI is InChI=1S/C20H32O2/c1-12-11-15-13(12)5-7-16-14(15)6-8-17-19(16,2)9-4-10-20(17,3)18(21)22/h12-17H,4-11H2,1-3H3,(H,21,22). The summed E-state index contributed by atoms with van der Waals surface area (Å²) >= 11 is 0. The molecule has 2 nitrogen and oxygen atoms in total. The van der Waals surface area contributed by atoms with E-state index in [1.165, 1.54) is 32.1 Å². The van der Waals surface area contributed by atoms with E-state index in [9.17, 15) is 9.90 Å². The van der Waals surface area contributed by atoms with Gasteiger partial charge in [-0.2, -0.15) is 0 Å². The van der Waals surface area contributed by atoms with Crippen LogP contribution in [0, 0.1) is 46.3 Å². The van der Waals surface area contributed by atoms with E-state index in [0.29, 0.717) is 5.92 Å². The third-order valence-electron chi connectivity index (χ3n) is 8.90. The molecule has 4 rings (SSSR count). The van der Waals surface area contributed by atoms with Gasteiger partial charge in [-0.3, -0.25) is 4.79 Å². The van der Waals surface area contributed by atoms with Crippen molar-refractivity contribution in [2.75, 3.05) is 0 Å². The molecule has 0 bridgehead atoms. The van der Waals surface area contributed by atoms with Crippen LogP contribution in [0.1, 0.15) is 72.1 Å². The van der Waals surface area contributed by atoms with Gasteiger partial charge in [-0.05, 0) is 92.8 Å². The Morgan fingerprint density at radius 1 is 1.00 bits per heavy atom. The van der Waals surface area contributed by atoms with E-state index in [2.05, 4.69) is 20.8 Å². The topological polar surface area (TPSA) is 37.3 Å². The van der Waals surface area contributed by atoms with Gasteiger partial charge in [0.15, 0.2) is 0 Å².